The summed E-state index contributed by atoms with van der Waals surface area (Å²) < 4.78 is 16.9. The third kappa shape index (κ3) is 2.87. The van der Waals surface area contributed by atoms with Crippen LogP contribution in [0.25, 0.3) is 6.08 Å². The van der Waals surface area contributed by atoms with Crippen LogP contribution in [-0.2, 0) is 4.74 Å². The minimum atomic E-state index is -0.783. The van der Waals surface area contributed by atoms with E-state index in [-0.39, 0.29) is 5.92 Å². The van der Waals surface area contributed by atoms with E-state index < -0.39 is 5.66 Å². The largest absolute Gasteiger partial charge is 0.492 e. The SMILES string of the molecule is COCCOc1cccc2c1C(C1(N)C=Cc3cc(N)ccc3N1)CO2. The van der Waals surface area contributed by atoms with Gasteiger partial charge in [0.1, 0.15) is 23.8 Å². The molecule has 2 unspecified atom stereocenters. The number of nitrogen functional groups attached to an aromatic ring is 1. The third-order valence-corrected chi connectivity index (χ3v) is 4.87. The first-order chi connectivity index (χ1) is 12.6. The second-order valence-electron chi connectivity index (χ2n) is 6.61. The maximum Gasteiger partial charge on any atom is 0.126 e. The van der Waals surface area contributed by atoms with Crippen LogP contribution in [0.1, 0.15) is 17.0 Å². The van der Waals surface area contributed by atoms with Crippen LogP contribution in [0.4, 0.5) is 11.4 Å². The van der Waals surface area contributed by atoms with Gasteiger partial charge in [-0.1, -0.05) is 12.1 Å². The van der Waals surface area contributed by atoms with Crippen molar-refractivity contribution < 1.29 is 14.2 Å². The number of rotatable bonds is 5. The number of hydrogen-bond acceptors (Lipinski definition) is 6. The molecule has 136 valence electrons. The fraction of sp³-hybridized carbons (Fsp3) is 0.300. The van der Waals surface area contributed by atoms with Gasteiger partial charge in [0.25, 0.3) is 0 Å². The van der Waals surface area contributed by atoms with Gasteiger partial charge in [-0.3, -0.25) is 0 Å². The highest BCUT2D eigenvalue weighted by atomic mass is 16.5. The van der Waals surface area contributed by atoms with E-state index in [0.717, 1.165) is 34.0 Å². The fourth-order valence-electron chi connectivity index (χ4n) is 3.53. The summed E-state index contributed by atoms with van der Waals surface area (Å²) in [5.74, 6) is 1.51. The van der Waals surface area contributed by atoms with Crippen molar-refractivity contribution in [3.63, 3.8) is 0 Å². The van der Waals surface area contributed by atoms with Crippen molar-refractivity contribution in [3.05, 3.63) is 53.6 Å². The van der Waals surface area contributed by atoms with Gasteiger partial charge in [0.2, 0.25) is 0 Å². The predicted octanol–water partition coefficient (Wildman–Crippen LogP) is 2.56. The first-order valence-corrected chi connectivity index (χ1v) is 8.64. The average Bonchev–Trinajstić information content (AvgIpc) is 3.08. The topological polar surface area (TPSA) is 91.8 Å². The molecule has 2 aliphatic rings. The van der Waals surface area contributed by atoms with Crippen LogP contribution in [0, 0.1) is 0 Å². The van der Waals surface area contributed by atoms with Gasteiger partial charge in [0.05, 0.1) is 19.1 Å². The molecule has 0 saturated heterocycles. The standard InChI is InChI=1S/C20H23N3O3/c1-24-9-10-25-17-3-2-4-18-19(17)15(12-26-18)20(22)8-7-13-11-14(21)5-6-16(13)23-20/h2-8,11,15,23H,9-10,12,21-22H2,1H3. The van der Waals surface area contributed by atoms with E-state index >= 15 is 0 Å². The Morgan fingerprint density at radius 1 is 1.27 bits per heavy atom. The molecule has 2 aromatic carbocycles. The summed E-state index contributed by atoms with van der Waals surface area (Å²) in [6.07, 6.45) is 3.98. The lowest BCUT2D eigenvalue weighted by Gasteiger charge is -2.37. The van der Waals surface area contributed by atoms with Crippen molar-refractivity contribution in [2.75, 3.05) is 38.0 Å². The number of methoxy groups -OCH3 is 1. The summed E-state index contributed by atoms with van der Waals surface area (Å²) in [6.45, 7) is 1.48. The lowest BCUT2D eigenvalue weighted by atomic mass is 9.84. The van der Waals surface area contributed by atoms with Crippen molar-refractivity contribution >= 4 is 17.5 Å². The summed E-state index contributed by atoms with van der Waals surface area (Å²) >= 11 is 0. The van der Waals surface area contributed by atoms with Crippen LogP contribution >= 0.6 is 0 Å². The molecule has 6 heteroatoms. The molecule has 0 saturated carbocycles. The normalized spacial score (nSPS) is 22.9. The fourth-order valence-corrected chi connectivity index (χ4v) is 3.53. The van der Waals surface area contributed by atoms with Crippen molar-refractivity contribution in [1.82, 2.24) is 0 Å². The van der Waals surface area contributed by atoms with Crippen LogP contribution in [-0.4, -0.2) is 32.6 Å². The summed E-state index contributed by atoms with van der Waals surface area (Å²) in [6, 6.07) is 11.6. The molecule has 2 aromatic rings. The van der Waals surface area contributed by atoms with E-state index in [1.165, 1.54) is 0 Å². The zero-order chi connectivity index (χ0) is 18.1. The molecule has 2 aliphatic heterocycles. The molecular weight excluding hydrogens is 330 g/mol. The first-order valence-electron chi connectivity index (χ1n) is 8.64. The minimum absolute atomic E-state index is 0.0850. The molecule has 0 aliphatic carbocycles. The molecule has 6 nitrogen and oxygen atoms in total. The lowest BCUT2D eigenvalue weighted by molar-refractivity contribution is 0.145. The molecule has 4 rings (SSSR count). The van der Waals surface area contributed by atoms with Crippen LogP contribution in [0.3, 0.4) is 0 Å². The van der Waals surface area contributed by atoms with Crippen molar-refractivity contribution in [1.29, 1.82) is 0 Å². The molecule has 0 bridgehead atoms. The van der Waals surface area contributed by atoms with E-state index in [0.29, 0.717) is 19.8 Å². The number of anilines is 2. The average molecular weight is 353 g/mol. The molecule has 0 aromatic heterocycles. The van der Waals surface area contributed by atoms with E-state index in [4.69, 9.17) is 25.7 Å². The molecule has 0 fully saturated rings. The summed E-state index contributed by atoms with van der Waals surface area (Å²) in [5, 5.41) is 3.45. The number of hydrogen-bond donors (Lipinski definition) is 3. The molecule has 5 N–H and O–H groups in total. The highest BCUT2D eigenvalue weighted by Crippen LogP contribution is 2.46. The lowest BCUT2D eigenvalue weighted by Crippen LogP contribution is -2.52. The van der Waals surface area contributed by atoms with Gasteiger partial charge in [0, 0.05) is 24.0 Å². The number of nitrogens with two attached hydrogens (primary N) is 2. The number of fused-ring (bicyclic) bond motifs is 2. The maximum absolute atomic E-state index is 6.77. The maximum atomic E-state index is 6.77. The second-order valence-corrected chi connectivity index (χ2v) is 6.61. The number of nitrogens with one attached hydrogen (secondary N) is 1. The second kappa shape index (κ2) is 6.55. The Bertz CT molecular complexity index is 852. The van der Waals surface area contributed by atoms with Gasteiger partial charge in [0.15, 0.2) is 0 Å². The Kier molecular flexibility index (Phi) is 4.22. The number of ether oxygens (including phenoxy) is 3. The monoisotopic (exact) mass is 353 g/mol. The number of benzene rings is 2. The van der Waals surface area contributed by atoms with Crippen molar-refractivity contribution in [2.24, 2.45) is 5.73 Å². The zero-order valence-corrected chi connectivity index (χ0v) is 14.7. The Morgan fingerprint density at radius 2 is 2.15 bits per heavy atom. The van der Waals surface area contributed by atoms with Gasteiger partial charge in [-0.2, -0.15) is 0 Å². The molecule has 0 radical (unpaired) electrons. The molecule has 2 heterocycles. The van der Waals surface area contributed by atoms with Crippen LogP contribution < -0.4 is 26.3 Å². The predicted molar refractivity (Wildman–Crippen MR) is 102 cm³/mol. The first kappa shape index (κ1) is 16.8. The van der Waals surface area contributed by atoms with E-state index in [9.17, 15) is 0 Å². The zero-order valence-electron chi connectivity index (χ0n) is 14.7. The van der Waals surface area contributed by atoms with E-state index in [1.807, 2.05) is 48.6 Å². The van der Waals surface area contributed by atoms with Crippen LogP contribution in [0.5, 0.6) is 11.5 Å². The van der Waals surface area contributed by atoms with Crippen molar-refractivity contribution in [3.8, 4) is 11.5 Å². The summed E-state index contributed by atoms with van der Waals surface area (Å²) in [5.41, 5.74) is 15.5. The van der Waals surface area contributed by atoms with E-state index in [1.54, 1.807) is 7.11 Å². The van der Waals surface area contributed by atoms with Gasteiger partial charge >= 0.3 is 0 Å². The minimum Gasteiger partial charge on any atom is -0.492 e. The van der Waals surface area contributed by atoms with Crippen LogP contribution in [0.2, 0.25) is 0 Å². The smallest absolute Gasteiger partial charge is 0.126 e. The molecule has 0 spiro atoms. The Morgan fingerprint density at radius 3 is 3.00 bits per heavy atom. The third-order valence-electron chi connectivity index (χ3n) is 4.87. The Labute approximate surface area is 152 Å². The van der Waals surface area contributed by atoms with Gasteiger partial charge in [-0.15, -0.1) is 0 Å². The van der Waals surface area contributed by atoms with Crippen molar-refractivity contribution in [2.45, 2.75) is 11.6 Å². The van der Waals surface area contributed by atoms with Gasteiger partial charge < -0.3 is 31.0 Å². The van der Waals surface area contributed by atoms with Gasteiger partial charge in [-0.05, 0) is 42.0 Å². The quantitative estimate of drug-likeness (QED) is 0.565. The molecule has 26 heavy (non-hydrogen) atoms. The summed E-state index contributed by atoms with van der Waals surface area (Å²) in [4.78, 5) is 0. The van der Waals surface area contributed by atoms with Crippen LogP contribution in [0.15, 0.2) is 42.5 Å². The highest BCUT2D eigenvalue weighted by molar-refractivity contribution is 5.76. The Hall–Kier alpha value is -2.70. The molecule has 2 atom stereocenters. The van der Waals surface area contributed by atoms with Gasteiger partial charge in [-0.25, -0.2) is 0 Å². The molecule has 0 amide bonds. The summed E-state index contributed by atoms with van der Waals surface area (Å²) in [7, 11) is 1.65. The molecular formula is C20H23N3O3. The highest BCUT2D eigenvalue weighted by Gasteiger charge is 2.43. The Balaban J connectivity index is 1.66. The van der Waals surface area contributed by atoms with E-state index in [2.05, 4.69) is 5.32 Å².